The van der Waals surface area contributed by atoms with Gasteiger partial charge in [-0.1, -0.05) is 24.7 Å². The SMILES string of the molecule is C=C(F)C(=O)NCc1cnn(Cc2cc(OC)c3c(NSc4cc(CC)ccc4OCCN4CCOC4=O)noc3c2)c1. The van der Waals surface area contributed by atoms with Crippen LogP contribution in [0.2, 0.25) is 0 Å². The third kappa shape index (κ3) is 7.20. The Hall–Kier alpha value is -4.72. The van der Waals surface area contributed by atoms with E-state index in [1.807, 2.05) is 30.3 Å². The number of amides is 2. The molecule has 0 saturated carbocycles. The van der Waals surface area contributed by atoms with Gasteiger partial charge in [-0.05, 0) is 53.8 Å². The molecule has 2 amide bonds. The van der Waals surface area contributed by atoms with Crippen LogP contribution in [-0.4, -0.2) is 65.3 Å². The van der Waals surface area contributed by atoms with E-state index >= 15 is 0 Å². The van der Waals surface area contributed by atoms with Gasteiger partial charge in [0.2, 0.25) is 0 Å². The molecule has 0 atom stereocenters. The van der Waals surface area contributed by atoms with Crippen molar-refractivity contribution in [2.75, 3.05) is 38.1 Å². The average Bonchev–Trinajstić information content (AvgIpc) is 3.75. The van der Waals surface area contributed by atoms with Gasteiger partial charge in [-0.25, -0.2) is 9.18 Å². The van der Waals surface area contributed by atoms with Crippen molar-refractivity contribution in [3.05, 3.63) is 71.8 Å². The van der Waals surface area contributed by atoms with Gasteiger partial charge < -0.3 is 33.7 Å². The van der Waals surface area contributed by atoms with E-state index in [1.165, 1.54) is 11.9 Å². The molecule has 0 unspecified atom stereocenters. The van der Waals surface area contributed by atoms with Crippen LogP contribution in [0.3, 0.4) is 0 Å². The van der Waals surface area contributed by atoms with Crippen molar-refractivity contribution in [3.8, 4) is 11.5 Å². The Balaban J connectivity index is 1.27. The molecule has 2 N–H and O–H groups in total. The summed E-state index contributed by atoms with van der Waals surface area (Å²) in [5.74, 6) is -0.171. The maximum atomic E-state index is 12.9. The predicted molar refractivity (Wildman–Crippen MR) is 158 cm³/mol. The summed E-state index contributed by atoms with van der Waals surface area (Å²) in [6, 6.07) is 9.71. The highest BCUT2D eigenvalue weighted by Gasteiger charge is 2.22. The molecule has 5 rings (SSSR count). The summed E-state index contributed by atoms with van der Waals surface area (Å²) in [6.07, 6.45) is 3.88. The Morgan fingerprint density at radius 2 is 2.07 bits per heavy atom. The molecule has 0 spiro atoms. The van der Waals surface area contributed by atoms with E-state index in [2.05, 4.69) is 33.8 Å². The van der Waals surface area contributed by atoms with E-state index < -0.39 is 11.7 Å². The molecule has 1 aliphatic heterocycles. The first kappa shape index (κ1) is 29.8. The summed E-state index contributed by atoms with van der Waals surface area (Å²) in [4.78, 5) is 25.6. The number of nitrogens with one attached hydrogen (secondary N) is 2. The number of benzene rings is 2. The fraction of sp³-hybridized carbons (Fsp3) is 0.310. The van der Waals surface area contributed by atoms with Crippen LogP contribution in [0.25, 0.3) is 11.0 Å². The van der Waals surface area contributed by atoms with Crippen molar-refractivity contribution >= 4 is 40.7 Å². The second-order valence-electron chi connectivity index (χ2n) is 9.62. The molecule has 43 heavy (non-hydrogen) atoms. The normalized spacial score (nSPS) is 12.8. The zero-order valence-corrected chi connectivity index (χ0v) is 24.5. The molecule has 2 aromatic carbocycles. The highest BCUT2D eigenvalue weighted by molar-refractivity contribution is 8.00. The molecule has 0 bridgehead atoms. The fourth-order valence-electron chi connectivity index (χ4n) is 4.43. The smallest absolute Gasteiger partial charge is 0.410 e. The Morgan fingerprint density at radius 1 is 1.21 bits per heavy atom. The van der Waals surface area contributed by atoms with Gasteiger partial charge in [0, 0.05) is 18.3 Å². The maximum absolute atomic E-state index is 12.9. The van der Waals surface area contributed by atoms with Gasteiger partial charge in [-0.3, -0.25) is 9.48 Å². The van der Waals surface area contributed by atoms with E-state index in [4.69, 9.17) is 18.7 Å². The van der Waals surface area contributed by atoms with Gasteiger partial charge in [0.15, 0.2) is 17.2 Å². The number of aryl methyl sites for hydroxylation is 1. The van der Waals surface area contributed by atoms with E-state index in [-0.39, 0.29) is 12.6 Å². The molecular weight excluding hydrogens is 579 g/mol. The second-order valence-corrected chi connectivity index (χ2v) is 10.5. The van der Waals surface area contributed by atoms with Gasteiger partial charge in [0.1, 0.15) is 30.1 Å². The van der Waals surface area contributed by atoms with Gasteiger partial charge in [0.05, 0.1) is 37.8 Å². The number of hydrogen-bond donors (Lipinski definition) is 2. The number of hydrogen-bond acceptors (Lipinski definition) is 10. The van der Waals surface area contributed by atoms with E-state index in [1.54, 1.807) is 29.1 Å². The van der Waals surface area contributed by atoms with Gasteiger partial charge >= 0.3 is 6.09 Å². The number of carbonyl (C=O) groups is 2. The molecule has 0 aliphatic carbocycles. The van der Waals surface area contributed by atoms with Crippen LogP contribution in [0.5, 0.6) is 11.5 Å². The maximum Gasteiger partial charge on any atom is 0.410 e. The van der Waals surface area contributed by atoms with Crippen molar-refractivity contribution in [2.24, 2.45) is 0 Å². The fourth-order valence-corrected chi connectivity index (χ4v) is 5.21. The van der Waals surface area contributed by atoms with Crippen LogP contribution < -0.4 is 19.5 Å². The number of rotatable bonds is 14. The molecule has 0 radical (unpaired) electrons. The number of cyclic esters (lactones) is 1. The molecular formula is C29H31FN6O6S. The van der Waals surface area contributed by atoms with Crippen molar-refractivity contribution < 1.29 is 32.7 Å². The molecule has 3 heterocycles. The van der Waals surface area contributed by atoms with Gasteiger partial charge in [-0.2, -0.15) is 5.10 Å². The number of halogens is 1. The Labute approximate surface area is 251 Å². The second kappa shape index (κ2) is 13.5. The molecule has 226 valence electrons. The zero-order valence-electron chi connectivity index (χ0n) is 23.7. The first-order valence-electron chi connectivity index (χ1n) is 13.5. The van der Waals surface area contributed by atoms with Crippen molar-refractivity contribution in [2.45, 2.75) is 31.3 Å². The lowest BCUT2D eigenvalue weighted by Crippen LogP contribution is -2.29. The lowest BCUT2D eigenvalue weighted by Gasteiger charge is -2.16. The Kier molecular flexibility index (Phi) is 9.35. The molecule has 12 nitrogen and oxygen atoms in total. The molecule has 4 aromatic rings. The van der Waals surface area contributed by atoms with Crippen molar-refractivity contribution in [3.63, 3.8) is 0 Å². The molecule has 1 saturated heterocycles. The number of carbonyl (C=O) groups excluding carboxylic acids is 2. The van der Waals surface area contributed by atoms with Crippen molar-refractivity contribution in [1.82, 2.24) is 25.2 Å². The lowest BCUT2D eigenvalue weighted by atomic mass is 10.1. The largest absolute Gasteiger partial charge is 0.496 e. The summed E-state index contributed by atoms with van der Waals surface area (Å²) >= 11 is 1.34. The Morgan fingerprint density at radius 3 is 2.81 bits per heavy atom. The highest BCUT2D eigenvalue weighted by Crippen LogP contribution is 2.38. The molecule has 2 aromatic heterocycles. The average molecular weight is 611 g/mol. The number of fused-ring (bicyclic) bond motifs is 1. The number of methoxy groups -OCH3 is 1. The molecule has 1 fully saturated rings. The molecule has 1 aliphatic rings. The number of aromatic nitrogens is 3. The third-order valence-corrected chi connectivity index (χ3v) is 7.52. The predicted octanol–water partition coefficient (Wildman–Crippen LogP) is 4.69. The van der Waals surface area contributed by atoms with Gasteiger partial charge in [0.25, 0.3) is 5.91 Å². The minimum Gasteiger partial charge on any atom is -0.496 e. The first-order valence-corrected chi connectivity index (χ1v) is 14.4. The van der Waals surface area contributed by atoms with Crippen LogP contribution in [0.4, 0.5) is 15.0 Å². The molecule has 14 heteroatoms. The summed E-state index contributed by atoms with van der Waals surface area (Å²) in [5.41, 5.74) is 3.22. The topological polar surface area (TPSA) is 133 Å². The quantitative estimate of drug-likeness (QED) is 0.153. The minimum absolute atomic E-state index is 0.125. The van der Waals surface area contributed by atoms with E-state index in [0.717, 1.165) is 22.4 Å². The Bertz CT molecular complexity index is 1640. The number of ether oxygens (including phenoxy) is 3. The van der Waals surface area contributed by atoms with Crippen LogP contribution in [0.1, 0.15) is 23.6 Å². The minimum atomic E-state index is -1.04. The summed E-state index contributed by atoms with van der Waals surface area (Å²) in [7, 11) is 1.57. The van der Waals surface area contributed by atoms with E-state index in [0.29, 0.717) is 66.7 Å². The van der Waals surface area contributed by atoms with Crippen LogP contribution in [-0.2, 0) is 29.0 Å². The van der Waals surface area contributed by atoms with Crippen LogP contribution in [0.15, 0.2) is 64.5 Å². The highest BCUT2D eigenvalue weighted by atomic mass is 32.2. The van der Waals surface area contributed by atoms with Gasteiger partial charge in [-0.15, -0.1) is 0 Å². The third-order valence-electron chi connectivity index (χ3n) is 6.69. The first-order chi connectivity index (χ1) is 20.8. The number of nitrogens with zero attached hydrogens (tertiary/aromatic N) is 4. The monoisotopic (exact) mass is 610 g/mol. The number of anilines is 1. The van der Waals surface area contributed by atoms with Crippen LogP contribution in [0, 0.1) is 0 Å². The van der Waals surface area contributed by atoms with Crippen LogP contribution >= 0.6 is 11.9 Å². The summed E-state index contributed by atoms with van der Waals surface area (Å²) in [5, 5.41) is 11.7. The van der Waals surface area contributed by atoms with E-state index in [9.17, 15) is 14.0 Å². The standard InChI is InChI=1S/C29H31FN6O6S/c1-4-19-5-6-22(40-9-7-35-8-10-41-29(35)38)25(13-19)43-34-27-26-23(39-3)11-20(12-24(26)42-33-27)16-36-17-21(15-32-36)14-31-28(37)18(2)30/h5-6,11-13,15,17H,2,4,7-10,14,16H2,1,3H3,(H,31,37)(H,33,34). The zero-order chi connectivity index (χ0) is 30.3. The lowest BCUT2D eigenvalue weighted by molar-refractivity contribution is -0.119. The van der Waals surface area contributed by atoms with Crippen molar-refractivity contribution in [1.29, 1.82) is 0 Å². The summed E-state index contributed by atoms with van der Waals surface area (Å²) in [6.45, 7) is 7.31. The summed E-state index contributed by atoms with van der Waals surface area (Å²) < 4.78 is 40.2.